The third-order valence-electron chi connectivity index (χ3n) is 4.72. The van der Waals surface area contributed by atoms with Crippen LogP contribution in [0.4, 0.5) is 5.69 Å². The smallest absolute Gasteiger partial charge is 0.312 e. The Morgan fingerprint density at radius 1 is 1.00 bits per heavy atom. The van der Waals surface area contributed by atoms with E-state index in [1.54, 1.807) is 12.0 Å². The Morgan fingerprint density at radius 3 is 2.44 bits per heavy atom. The van der Waals surface area contributed by atoms with Crippen LogP contribution in [0.15, 0.2) is 54.6 Å². The quantitative estimate of drug-likeness (QED) is 0.817. The number of amides is 2. The van der Waals surface area contributed by atoms with Crippen molar-refractivity contribution in [3.8, 4) is 5.75 Å². The zero-order valence-electron chi connectivity index (χ0n) is 15.6. The molecule has 1 fully saturated rings. The fourth-order valence-electron chi connectivity index (χ4n) is 3.17. The van der Waals surface area contributed by atoms with E-state index in [0.29, 0.717) is 26.1 Å². The second-order valence-corrected chi connectivity index (χ2v) is 6.47. The minimum Gasteiger partial charge on any atom is -0.497 e. The van der Waals surface area contributed by atoms with Crippen LogP contribution in [0.25, 0.3) is 0 Å². The monoisotopic (exact) mass is 367 g/mol. The lowest BCUT2D eigenvalue weighted by molar-refractivity contribution is -0.146. The number of benzene rings is 2. The SMILES string of the molecule is COc1cccc(CCNC(=O)C(=O)N2CCN(c3ccccc3)CC2)c1. The van der Waals surface area contributed by atoms with Crippen LogP contribution < -0.4 is 15.0 Å². The van der Waals surface area contributed by atoms with Crippen LogP contribution in [0.2, 0.25) is 0 Å². The predicted octanol–water partition coefficient (Wildman–Crippen LogP) is 1.70. The molecule has 0 aromatic heterocycles. The first kappa shape index (κ1) is 18.8. The zero-order chi connectivity index (χ0) is 19.1. The van der Waals surface area contributed by atoms with Crippen molar-refractivity contribution >= 4 is 17.5 Å². The zero-order valence-corrected chi connectivity index (χ0v) is 15.6. The van der Waals surface area contributed by atoms with Gasteiger partial charge in [0, 0.05) is 38.4 Å². The Balaban J connectivity index is 1.43. The lowest BCUT2D eigenvalue weighted by Crippen LogP contribution is -2.52. The fourth-order valence-corrected chi connectivity index (χ4v) is 3.17. The summed E-state index contributed by atoms with van der Waals surface area (Å²) in [5.41, 5.74) is 2.20. The molecule has 0 bridgehead atoms. The molecule has 1 aliphatic heterocycles. The Bertz CT molecular complexity index is 771. The molecule has 0 aliphatic carbocycles. The molecule has 0 saturated carbocycles. The van der Waals surface area contributed by atoms with Crippen molar-refractivity contribution in [2.24, 2.45) is 0 Å². The first-order valence-corrected chi connectivity index (χ1v) is 9.17. The predicted molar refractivity (Wildman–Crippen MR) is 105 cm³/mol. The van der Waals surface area contributed by atoms with Gasteiger partial charge in [0.15, 0.2) is 0 Å². The number of nitrogens with one attached hydrogen (secondary N) is 1. The number of rotatable bonds is 5. The summed E-state index contributed by atoms with van der Waals surface area (Å²) in [7, 11) is 1.62. The van der Waals surface area contributed by atoms with Crippen molar-refractivity contribution in [3.63, 3.8) is 0 Å². The van der Waals surface area contributed by atoms with Gasteiger partial charge in [-0.15, -0.1) is 0 Å². The Hall–Kier alpha value is -3.02. The maximum Gasteiger partial charge on any atom is 0.312 e. The molecule has 0 atom stereocenters. The molecule has 142 valence electrons. The third-order valence-corrected chi connectivity index (χ3v) is 4.72. The first-order valence-electron chi connectivity index (χ1n) is 9.17. The van der Waals surface area contributed by atoms with E-state index in [0.717, 1.165) is 30.1 Å². The minimum atomic E-state index is -0.536. The number of carbonyl (C=O) groups is 2. The summed E-state index contributed by atoms with van der Waals surface area (Å²) < 4.78 is 5.19. The number of hydrogen-bond donors (Lipinski definition) is 1. The highest BCUT2D eigenvalue weighted by Gasteiger charge is 2.25. The van der Waals surface area contributed by atoms with E-state index in [2.05, 4.69) is 22.3 Å². The van der Waals surface area contributed by atoms with Gasteiger partial charge in [0.2, 0.25) is 0 Å². The largest absolute Gasteiger partial charge is 0.497 e. The lowest BCUT2D eigenvalue weighted by Gasteiger charge is -2.35. The van der Waals surface area contributed by atoms with E-state index in [1.807, 2.05) is 42.5 Å². The molecule has 6 heteroatoms. The van der Waals surface area contributed by atoms with E-state index in [4.69, 9.17) is 4.74 Å². The van der Waals surface area contributed by atoms with Crippen molar-refractivity contribution in [3.05, 3.63) is 60.2 Å². The first-order chi connectivity index (χ1) is 13.2. The number of para-hydroxylation sites is 1. The van der Waals surface area contributed by atoms with Crippen molar-refractivity contribution in [1.82, 2.24) is 10.2 Å². The number of ether oxygens (including phenoxy) is 1. The molecule has 1 heterocycles. The van der Waals surface area contributed by atoms with Gasteiger partial charge in [0.25, 0.3) is 0 Å². The third kappa shape index (κ3) is 5.00. The van der Waals surface area contributed by atoms with Crippen LogP contribution in [0, 0.1) is 0 Å². The number of nitrogens with zero attached hydrogens (tertiary/aromatic N) is 2. The van der Waals surface area contributed by atoms with Crippen LogP contribution in [0.1, 0.15) is 5.56 Å². The van der Waals surface area contributed by atoms with Gasteiger partial charge in [-0.05, 0) is 36.2 Å². The highest BCUT2D eigenvalue weighted by molar-refractivity contribution is 6.35. The van der Waals surface area contributed by atoms with Crippen LogP contribution in [-0.4, -0.2) is 56.5 Å². The Labute approximate surface area is 159 Å². The van der Waals surface area contributed by atoms with Crippen LogP contribution in [0.5, 0.6) is 5.75 Å². The van der Waals surface area contributed by atoms with Crippen molar-refractivity contribution in [1.29, 1.82) is 0 Å². The van der Waals surface area contributed by atoms with E-state index < -0.39 is 11.8 Å². The molecule has 0 unspecified atom stereocenters. The molecule has 6 nitrogen and oxygen atoms in total. The maximum absolute atomic E-state index is 12.4. The highest BCUT2D eigenvalue weighted by atomic mass is 16.5. The number of carbonyl (C=O) groups excluding carboxylic acids is 2. The fraction of sp³-hybridized carbons (Fsp3) is 0.333. The van der Waals surface area contributed by atoms with E-state index in [-0.39, 0.29) is 0 Å². The molecule has 3 rings (SSSR count). The molecule has 0 spiro atoms. The van der Waals surface area contributed by atoms with Crippen molar-refractivity contribution in [2.75, 3.05) is 44.7 Å². The molecule has 2 amide bonds. The Morgan fingerprint density at radius 2 is 1.74 bits per heavy atom. The van der Waals surface area contributed by atoms with Gasteiger partial charge >= 0.3 is 11.8 Å². The van der Waals surface area contributed by atoms with Gasteiger partial charge in [-0.1, -0.05) is 30.3 Å². The summed E-state index contributed by atoms with van der Waals surface area (Å²) in [6, 6.07) is 17.8. The van der Waals surface area contributed by atoms with Gasteiger partial charge in [-0.25, -0.2) is 0 Å². The topological polar surface area (TPSA) is 61.9 Å². The van der Waals surface area contributed by atoms with Crippen LogP contribution in [0.3, 0.4) is 0 Å². The van der Waals surface area contributed by atoms with Gasteiger partial charge in [0.05, 0.1) is 7.11 Å². The Kier molecular flexibility index (Phi) is 6.30. The van der Waals surface area contributed by atoms with E-state index in [9.17, 15) is 9.59 Å². The number of piperazine rings is 1. The molecule has 1 aliphatic rings. The molecule has 1 saturated heterocycles. The number of methoxy groups -OCH3 is 1. The maximum atomic E-state index is 12.4. The van der Waals surface area contributed by atoms with E-state index >= 15 is 0 Å². The van der Waals surface area contributed by atoms with Crippen molar-refractivity contribution < 1.29 is 14.3 Å². The molecule has 27 heavy (non-hydrogen) atoms. The second-order valence-electron chi connectivity index (χ2n) is 6.47. The molecule has 2 aromatic carbocycles. The van der Waals surface area contributed by atoms with Crippen LogP contribution >= 0.6 is 0 Å². The molecule has 0 radical (unpaired) electrons. The molecular formula is C21H25N3O3. The summed E-state index contributed by atoms with van der Waals surface area (Å²) >= 11 is 0. The number of anilines is 1. The summed E-state index contributed by atoms with van der Waals surface area (Å²) in [6.45, 7) is 2.98. The molecular weight excluding hydrogens is 342 g/mol. The average Bonchev–Trinajstić information content (AvgIpc) is 2.74. The van der Waals surface area contributed by atoms with Gasteiger partial charge in [-0.2, -0.15) is 0 Å². The summed E-state index contributed by atoms with van der Waals surface area (Å²) in [4.78, 5) is 28.4. The standard InChI is InChI=1S/C21H25N3O3/c1-27-19-9-5-6-17(16-19)10-11-22-20(25)21(26)24-14-12-23(13-15-24)18-7-3-2-4-8-18/h2-9,16H,10-15H2,1H3,(H,22,25). The molecule has 1 N–H and O–H groups in total. The van der Waals surface area contributed by atoms with E-state index in [1.165, 1.54) is 0 Å². The summed E-state index contributed by atoms with van der Waals surface area (Å²) in [5.74, 6) is -0.203. The second kappa shape index (κ2) is 9.07. The molecule has 2 aromatic rings. The van der Waals surface area contributed by atoms with Gasteiger partial charge in [-0.3, -0.25) is 9.59 Å². The average molecular weight is 367 g/mol. The minimum absolute atomic E-state index is 0.418. The van der Waals surface area contributed by atoms with Crippen molar-refractivity contribution in [2.45, 2.75) is 6.42 Å². The normalized spacial score (nSPS) is 14.0. The summed E-state index contributed by atoms with van der Waals surface area (Å²) in [5, 5.41) is 2.72. The summed E-state index contributed by atoms with van der Waals surface area (Å²) in [6.07, 6.45) is 0.651. The van der Waals surface area contributed by atoms with Crippen LogP contribution in [-0.2, 0) is 16.0 Å². The highest BCUT2D eigenvalue weighted by Crippen LogP contribution is 2.15. The van der Waals surface area contributed by atoms with Gasteiger partial charge < -0.3 is 19.9 Å². The number of hydrogen-bond acceptors (Lipinski definition) is 4. The van der Waals surface area contributed by atoms with Gasteiger partial charge in [0.1, 0.15) is 5.75 Å². The lowest BCUT2D eigenvalue weighted by atomic mass is 10.1.